The van der Waals surface area contributed by atoms with Crippen LogP contribution < -0.4 is 21.9 Å². The molecule has 3 aromatic rings. The Balaban J connectivity index is 2.03. The molecule has 1 aromatic carbocycles. The third-order valence-corrected chi connectivity index (χ3v) is 4.97. The number of rotatable bonds is 8. The minimum Gasteiger partial charge on any atom is -0.383 e. The van der Waals surface area contributed by atoms with Crippen LogP contribution in [0.3, 0.4) is 0 Å². The number of anilines is 2. The number of nitrogen functional groups attached to an aromatic ring is 1. The Labute approximate surface area is 193 Å². The highest BCUT2D eigenvalue weighted by molar-refractivity contribution is 5.62. The fourth-order valence-corrected chi connectivity index (χ4v) is 3.57. The molecule has 0 amide bonds. The molecular weight excluding hydrogens is 453 g/mol. The van der Waals surface area contributed by atoms with Crippen LogP contribution in [-0.4, -0.2) is 36.3 Å². The van der Waals surface area contributed by atoms with Crippen molar-refractivity contribution in [1.82, 2.24) is 29.8 Å². The predicted molar refractivity (Wildman–Crippen MR) is 121 cm³/mol. The largest absolute Gasteiger partial charge is 0.416 e. The van der Waals surface area contributed by atoms with Crippen molar-refractivity contribution in [3.63, 3.8) is 0 Å². The zero-order valence-electron chi connectivity index (χ0n) is 19.3. The maximum atomic E-state index is 12.9. The zero-order valence-corrected chi connectivity index (χ0v) is 19.3. The van der Waals surface area contributed by atoms with Crippen LogP contribution in [0.1, 0.15) is 39.1 Å². The molecule has 2 heterocycles. The number of alkyl halides is 3. The van der Waals surface area contributed by atoms with Crippen LogP contribution in [0.4, 0.5) is 24.7 Å². The Morgan fingerprint density at radius 2 is 1.74 bits per heavy atom. The number of aromatic amines is 1. The molecule has 0 aliphatic heterocycles. The summed E-state index contributed by atoms with van der Waals surface area (Å²) in [5, 5.41) is 11.5. The molecule has 0 saturated heterocycles. The van der Waals surface area contributed by atoms with Gasteiger partial charge >= 0.3 is 11.9 Å². The first-order valence-corrected chi connectivity index (χ1v) is 10.7. The molecule has 0 aliphatic rings. The number of nitrogens with zero attached hydrogens (tertiary/aromatic N) is 6. The van der Waals surface area contributed by atoms with Gasteiger partial charge in [0, 0.05) is 13.1 Å². The van der Waals surface area contributed by atoms with Crippen molar-refractivity contribution in [3.05, 3.63) is 56.5 Å². The molecule has 2 aromatic heterocycles. The maximum Gasteiger partial charge on any atom is 0.416 e. The zero-order chi connectivity index (χ0) is 25.2. The van der Waals surface area contributed by atoms with Gasteiger partial charge in [-0.2, -0.15) is 17.9 Å². The summed E-state index contributed by atoms with van der Waals surface area (Å²) in [5.74, 6) is 0.501. The first-order chi connectivity index (χ1) is 15.9. The van der Waals surface area contributed by atoms with E-state index in [0.717, 1.165) is 12.1 Å². The molecule has 184 valence electrons. The summed E-state index contributed by atoms with van der Waals surface area (Å²) in [6.07, 6.45) is -4.46. The number of nitrogens with one attached hydrogen (secondary N) is 1. The van der Waals surface area contributed by atoms with Crippen LogP contribution in [0.15, 0.2) is 33.9 Å². The summed E-state index contributed by atoms with van der Waals surface area (Å²) in [7, 11) is 0. The van der Waals surface area contributed by atoms with Crippen molar-refractivity contribution >= 4 is 11.5 Å². The lowest BCUT2D eigenvalue weighted by atomic mass is 10.2. The van der Waals surface area contributed by atoms with Gasteiger partial charge in [-0.1, -0.05) is 27.7 Å². The third kappa shape index (κ3) is 5.46. The van der Waals surface area contributed by atoms with Crippen LogP contribution in [0.2, 0.25) is 0 Å². The standard InChI is InChI=1S/C21H27F3N8O2/c1-12(2)9-30(17-18(25)31(10-13(3)4)20(34)26-19(17)33)11-16-27-28-29-32(16)15-7-5-14(6-8-15)21(22,23)24/h5-8,12-13H,9-11,25H2,1-4H3,(H,26,33,34). The highest BCUT2D eigenvalue weighted by atomic mass is 19.4. The van der Waals surface area contributed by atoms with Gasteiger partial charge in [0.1, 0.15) is 11.5 Å². The number of halogens is 3. The highest BCUT2D eigenvalue weighted by Gasteiger charge is 2.30. The number of hydrogen-bond acceptors (Lipinski definition) is 7. The second-order valence-corrected chi connectivity index (χ2v) is 8.82. The second-order valence-electron chi connectivity index (χ2n) is 8.82. The molecule has 0 atom stereocenters. The van der Waals surface area contributed by atoms with Crippen molar-refractivity contribution in [2.24, 2.45) is 11.8 Å². The van der Waals surface area contributed by atoms with E-state index in [0.29, 0.717) is 18.8 Å². The van der Waals surface area contributed by atoms with E-state index >= 15 is 0 Å². The Bertz CT molecular complexity index is 1240. The van der Waals surface area contributed by atoms with Crippen LogP contribution in [-0.2, 0) is 19.3 Å². The summed E-state index contributed by atoms with van der Waals surface area (Å²) in [5.41, 5.74) is 4.68. The van der Waals surface area contributed by atoms with E-state index in [9.17, 15) is 22.8 Å². The van der Waals surface area contributed by atoms with Gasteiger partial charge < -0.3 is 10.6 Å². The predicted octanol–water partition coefficient (Wildman–Crippen LogP) is 2.43. The molecule has 0 bridgehead atoms. The number of nitrogens with two attached hydrogens (primary N) is 1. The van der Waals surface area contributed by atoms with Gasteiger partial charge in [-0.3, -0.25) is 14.3 Å². The van der Waals surface area contributed by atoms with E-state index in [4.69, 9.17) is 5.73 Å². The van der Waals surface area contributed by atoms with Gasteiger partial charge in [-0.25, -0.2) is 4.79 Å². The smallest absolute Gasteiger partial charge is 0.383 e. The molecule has 0 radical (unpaired) electrons. The SMILES string of the molecule is CC(C)CN(Cc1nnnn1-c1ccc(C(F)(F)F)cc1)c1c(N)n(CC(C)C)c(=O)[nH]c1=O. The fraction of sp³-hybridized carbons (Fsp3) is 0.476. The summed E-state index contributed by atoms with van der Waals surface area (Å²) in [4.78, 5) is 29.1. The van der Waals surface area contributed by atoms with Crippen LogP contribution in [0, 0.1) is 11.8 Å². The molecule has 3 N–H and O–H groups in total. The number of H-pyrrole nitrogens is 1. The van der Waals surface area contributed by atoms with Crippen molar-refractivity contribution in [2.75, 3.05) is 17.2 Å². The van der Waals surface area contributed by atoms with E-state index in [1.807, 2.05) is 27.7 Å². The molecule has 34 heavy (non-hydrogen) atoms. The second kappa shape index (κ2) is 9.69. The maximum absolute atomic E-state index is 12.9. The molecule has 0 unspecified atom stereocenters. The first kappa shape index (κ1) is 25.0. The Morgan fingerprint density at radius 3 is 2.29 bits per heavy atom. The fourth-order valence-electron chi connectivity index (χ4n) is 3.57. The summed E-state index contributed by atoms with van der Waals surface area (Å²) in [6, 6.07) is 4.41. The first-order valence-electron chi connectivity index (χ1n) is 10.7. The molecule has 0 aliphatic carbocycles. The van der Waals surface area contributed by atoms with E-state index in [1.54, 1.807) is 4.90 Å². The quantitative estimate of drug-likeness (QED) is 0.507. The Morgan fingerprint density at radius 1 is 1.09 bits per heavy atom. The van der Waals surface area contributed by atoms with E-state index in [-0.39, 0.29) is 35.7 Å². The number of aromatic nitrogens is 6. The van der Waals surface area contributed by atoms with Gasteiger partial charge in [0.2, 0.25) is 0 Å². The van der Waals surface area contributed by atoms with Gasteiger partial charge in [0.05, 0.1) is 17.8 Å². The number of tetrazole rings is 1. The summed E-state index contributed by atoms with van der Waals surface area (Å²) in [6.45, 7) is 8.45. The van der Waals surface area contributed by atoms with Gasteiger partial charge in [0.25, 0.3) is 5.56 Å². The minimum absolute atomic E-state index is 0.0247. The lowest BCUT2D eigenvalue weighted by molar-refractivity contribution is -0.137. The number of benzene rings is 1. The van der Waals surface area contributed by atoms with Crippen molar-refractivity contribution in [3.8, 4) is 5.69 Å². The Kier molecular flexibility index (Phi) is 7.12. The lowest BCUT2D eigenvalue weighted by Crippen LogP contribution is -2.40. The highest BCUT2D eigenvalue weighted by Crippen LogP contribution is 2.29. The molecule has 10 nitrogen and oxygen atoms in total. The molecular formula is C21H27F3N8O2. The van der Waals surface area contributed by atoms with Gasteiger partial charge in [-0.15, -0.1) is 5.10 Å². The average molecular weight is 480 g/mol. The van der Waals surface area contributed by atoms with Gasteiger partial charge in [-0.05, 0) is 46.5 Å². The molecule has 3 rings (SSSR count). The lowest BCUT2D eigenvalue weighted by Gasteiger charge is -2.27. The van der Waals surface area contributed by atoms with Crippen LogP contribution in [0.25, 0.3) is 5.69 Å². The summed E-state index contributed by atoms with van der Waals surface area (Å²) >= 11 is 0. The molecule has 0 fully saturated rings. The normalized spacial score (nSPS) is 12.0. The van der Waals surface area contributed by atoms with Crippen molar-refractivity contribution in [1.29, 1.82) is 0 Å². The topological polar surface area (TPSA) is 128 Å². The van der Waals surface area contributed by atoms with Crippen molar-refractivity contribution < 1.29 is 13.2 Å². The number of hydrogen-bond donors (Lipinski definition) is 2. The molecule has 0 spiro atoms. The monoisotopic (exact) mass is 480 g/mol. The van der Waals surface area contributed by atoms with E-state index in [2.05, 4.69) is 20.5 Å². The third-order valence-electron chi connectivity index (χ3n) is 4.97. The average Bonchev–Trinajstić information content (AvgIpc) is 3.18. The van der Waals surface area contributed by atoms with Gasteiger partial charge in [0.15, 0.2) is 5.82 Å². The van der Waals surface area contributed by atoms with Crippen LogP contribution >= 0.6 is 0 Å². The van der Waals surface area contributed by atoms with E-state index in [1.165, 1.54) is 21.4 Å². The van der Waals surface area contributed by atoms with Crippen molar-refractivity contribution in [2.45, 2.75) is 47.0 Å². The Hall–Kier alpha value is -3.64. The van der Waals surface area contributed by atoms with Crippen LogP contribution in [0.5, 0.6) is 0 Å². The molecule has 0 saturated carbocycles. The molecule has 13 heteroatoms. The summed E-state index contributed by atoms with van der Waals surface area (Å²) < 4.78 is 41.4. The minimum atomic E-state index is -4.46. The van der Waals surface area contributed by atoms with E-state index < -0.39 is 23.0 Å².